The molecular weight excluding hydrogens is 288 g/mol. The number of furan rings is 1. The Morgan fingerprint density at radius 1 is 0.826 bits per heavy atom. The van der Waals surface area contributed by atoms with Gasteiger partial charge in [-0.1, -0.05) is 55.5 Å². The van der Waals surface area contributed by atoms with Gasteiger partial charge in [-0.15, -0.1) is 0 Å². The van der Waals surface area contributed by atoms with Gasteiger partial charge in [-0.3, -0.25) is 9.59 Å². The van der Waals surface area contributed by atoms with Crippen LogP contribution in [-0.4, -0.2) is 11.6 Å². The molecular formula is C20H14O3. The van der Waals surface area contributed by atoms with Crippen LogP contribution < -0.4 is 0 Å². The molecule has 23 heavy (non-hydrogen) atoms. The summed E-state index contributed by atoms with van der Waals surface area (Å²) >= 11 is 0. The molecule has 0 unspecified atom stereocenters. The van der Waals surface area contributed by atoms with Crippen LogP contribution in [0.5, 0.6) is 0 Å². The van der Waals surface area contributed by atoms with Gasteiger partial charge in [0.15, 0.2) is 11.5 Å². The predicted molar refractivity (Wildman–Crippen MR) is 86.8 cm³/mol. The van der Waals surface area contributed by atoms with Gasteiger partial charge in [-0.05, 0) is 18.1 Å². The highest BCUT2D eigenvalue weighted by molar-refractivity contribution is 6.27. The van der Waals surface area contributed by atoms with E-state index in [0.717, 1.165) is 12.0 Å². The van der Waals surface area contributed by atoms with Crippen molar-refractivity contribution in [1.82, 2.24) is 0 Å². The second-order valence-electron chi connectivity index (χ2n) is 5.61. The van der Waals surface area contributed by atoms with Crippen LogP contribution in [-0.2, 0) is 6.42 Å². The Morgan fingerprint density at radius 3 is 2.13 bits per heavy atom. The normalized spacial score (nSPS) is 12.9. The summed E-state index contributed by atoms with van der Waals surface area (Å²) in [7, 11) is 0. The van der Waals surface area contributed by atoms with Crippen LogP contribution in [0.3, 0.4) is 0 Å². The smallest absolute Gasteiger partial charge is 0.229 e. The minimum atomic E-state index is -0.230. The molecule has 1 aromatic heterocycles. The molecule has 0 fully saturated rings. The van der Waals surface area contributed by atoms with E-state index in [9.17, 15) is 9.59 Å². The molecule has 0 bridgehead atoms. The minimum Gasteiger partial charge on any atom is -0.452 e. The number of fused-ring (bicyclic) bond motifs is 2. The third-order valence-electron chi connectivity index (χ3n) is 4.25. The van der Waals surface area contributed by atoms with Crippen molar-refractivity contribution in [1.29, 1.82) is 0 Å². The quantitative estimate of drug-likeness (QED) is 0.555. The number of rotatable bonds is 2. The molecule has 1 aliphatic rings. The summed E-state index contributed by atoms with van der Waals surface area (Å²) < 4.78 is 5.73. The standard InChI is InChI=1S/C20H14O3/c1-2-12-7-9-13(10-8-12)17-11-16-18(21)14-5-3-4-6-15(14)19(22)20(16)23-17/h3-11H,2H2,1H3. The molecule has 0 spiro atoms. The highest BCUT2D eigenvalue weighted by atomic mass is 16.3. The van der Waals surface area contributed by atoms with Gasteiger partial charge < -0.3 is 4.42 Å². The largest absolute Gasteiger partial charge is 0.452 e. The molecule has 0 saturated carbocycles. The second kappa shape index (κ2) is 5.06. The van der Waals surface area contributed by atoms with Crippen LogP contribution >= 0.6 is 0 Å². The average Bonchev–Trinajstić information content (AvgIpc) is 3.05. The Bertz CT molecular complexity index is 877. The van der Waals surface area contributed by atoms with E-state index in [1.165, 1.54) is 5.56 Å². The highest BCUT2D eigenvalue weighted by Crippen LogP contribution is 2.33. The maximum absolute atomic E-state index is 12.6. The van der Waals surface area contributed by atoms with E-state index in [-0.39, 0.29) is 17.3 Å². The van der Waals surface area contributed by atoms with E-state index in [1.807, 2.05) is 24.3 Å². The fourth-order valence-electron chi connectivity index (χ4n) is 2.92. The first-order valence-electron chi connectivity index (χ1n) is 7.60. The summed E-state index contributed by atoms with van der Waals surface area (Å²) in [5, 5.41) is 0. The topological polar surface area (TPSA) is 47.3 Å². The van der Waals surface area contributed by atoms with Gasteiger partial charge in [0.1, 0.15) is 5.76 Å². The van der Waals surface area contributed by atoms with Crippen molar-refractivity contribution in [3.63, 3.8) is 0 Å². The molecule has 2 aromatic carbocycles. The SMILES string of the molecule is CCc1ccc(-c2cc3c(o2)C(=O)c2ccccc2C3=O)cc1. The van der Waals surface area contributed by atoms with Crippen molar-refractivity contribution in [2.24, 2.45) is 0 Å². The average molecular weight is 302 g/mol. The lowest BCUT2D eigenvalue weighted by Crippen LogP contribution is -2.18. The molecule has 3 heteroatoms. The third kappa shape index (κ3) is 2.05. The number of ketones is 2. The van der Waals surface area contributed by atoms with E-state index >= 15 is 0 Å². The lowest BCUT2D eigenvalue weighted by Gasteiger charge is -2.11. The number of carbonyl (C=O) groups is 2. The van der Waals surface area contributed by atoms with Gasteiger partial charge in [0.2, 0.25) is 5.78 Å². The lowest BCUT2D eigenvalue weighted by molar-refractivity contribution is 0.0961. The molecule has 1 heterocycles. The Labute approximate surface area is 133 Å². The van der Waals surface area contributed by atoms with Crippen LogP contribution in [0.1, 0.15) is 44.5 Å². The van der Waals surface area contributed by atoms with Crippen molar-refractivity contribution in [2.45, 2.75) is 13.3 Å². The monoisotopic (exact) mass is 302 g/mol. The van der Waals surface area contributed by atoms with Crippen molar-refractivity contribution in [3.05, 3.63) is 82.6 Å². The fraction of sp³-hybridized carbons (Fsp3) is 0.100. The molecule has 1 aliphatic carbocycles. The molecule has 0 saturated heterocycles. The molecule has 112 valence electrons. The Balaban J connectivity index is 1.83. The molecule has 0 aliphatic heterocycles. The zero-order chi connectivity index (χ0) is 16.0. The number of hydrogen-bond acceptors (Lipinski definition) is 3. The van der Waals surface area contributed by atoms with Gasteiger partial charge in [0, 0.05) is 16.7 Å². The minimum absolute atomic E-state index is 0.142. The van der Waals surface area contributed by atoms with E-state index < -0.39 is 0 Å². The second-order valence-corrected chi connectivity index (χ2v) is 5.61. The van der Waals surface area contributed by atoms with Crippen molar-refractivity contribution >= 4 is 11.6 Å². The predicted octanol–water partition coefficient (Wildman–Crippen LogP) is 4.28. The first-order chi connectivity index (χ1) is 11.2. The molecule has 0 N–H and O–H groups in total. The number of carbonyl (C=O) groups excluding carboxylic acids is 2. The summed E-state index contributed by atoms with van der Waals surface area (Å²) in [6, 6.07) is 16.5. The van der Waals surface area contributed by atoms with Crippen molar-refractivity contribution < 1.29 is 14.0 Å². The summed E-state index contributed by atoms with van der Waals surface area (Å²) in [4.78, 5) is 25.1. The van der Waals surface area contributed by atoms with Gasteiger partial charge >= 0.3 is 0 Å². The zero-order valence-electron chi connectivity index (χ0n) is 12.6. The molecule has 0 radical (unpaired) electrons. The van der Waals surface area contributed by atoms with Crippen molar-refractivity contribution in [3.8, 4) is 11.3 Å². The van der Waals surface area contributed by atoms with E-state index in [2.05, 4.69) is 6.92 Å². The molecule has 3 aromatic rings. The fourth-order valence-corrected chi connectivity index (χ4v) is 2.92. The lowest BCUT2D eigenvalue weighted by atomic mass is 9.88. The molecule has 3 nitrogen and oxygen atoms in total. The van der Waals surface area contributed by atoms with E-state index in [0.29, 0.717) is 22.5 Å². The number of aryl methyl sites for hydroxylation is 1. The van der Waals surface area contributed by atoms with Crippen LogP contribution in [0.4, 0.5) is 0 Å². The summed E-state index contributed by atoms with van der Waals surface area (Å²) in [5.41, 5.74) is 3.29. The molecule has 4 rings (SSSR count). The maximum atomic E-state index is 12.6. The summed E-state index contributed by atoms with van der Waals surface area (Å²) in [5.74, 6) is 0.303. The molecule has 0 atom stereocenters. The van der Waals surface area contributed by atoms with Gasteiger partial charge in [-0.2, -0.15) is 0 Å². The summed E-state index contributed by atoms with van der Waals surface area (Å²) in [6.07, 6.45) is 0.960. The highest BCUT2D eigenvalue weighted by Gasteiger charge is 2.33. The van der Waals surface area contributed by atoms with Crippen LogP contribution in [0.25, 0.3) is 11.3 Å². The van der Waals surface area contributed by atoms with Gasteiger partial charge in [-0.25, -0.2) is 0 Å². The molecule has 0 amide bonds. The van der Waals surface area contributed by atoms with Crippen LogP contribution in [0, 0.1) is 0 Å². The maximum Gasteiger partial charge on any atom is 0.229 e. The van der Waals surface area contributed by atoms with E-state index in [1.54, 1.807) is 30.3 Å². The zero-order valence-corrected chi connectivity index (χ0v) is 12.6. The number of benzene rings is 2. The third-order valence-corrected chi connectivity index (χ3v) is 4.25. The Kier molecular flexibility index (Phi) is 3.01. The Morgan fingerprint density at radius 2 is 1.48 bits per heavy atom. The van der Waals surface area contributed by atoms with Crippen LogP contribution in [0.15, 0.2) is 59.0 Å². The first kappa shape index (κ1) is 13.7. The van der Waals surface area contributed by atoms with E-state index in [4.69, 9.17) is 4.42 Å². The van der Waals surface area contributed by atoms with Crippen LogP contribution in [0.2, 0.25) is 0 Å². The van der Waals surface area contributed by atoms with Gasteiger partial charge in [0.05, 0.1) is 5.56 Å². The van der Waals surface area contributed by atoms with Crippen molar-refractivity contribution in [2.75, 3.05) is 0 Å². The van der Waals surface area contributed by atoms with Gasteiger partial charge in [0.25, 0.3) is 0 Å². The number of hydrogen-bond donors (Lipinski definition) is 0. The summed E-state index contributed by atoms with van der Waals surface area (Å²) in [6.45, 7) is 2.09. The Hall–Kier alpha value is -2.94. The first-order valence-corrected chi connectivity index (χ1v) is 7.60.